The van der Waals surface area contributed by atoms with Crippen molar-refractivity contribution in [2.24, 2.45) is 17.8 Å². The standard InChI is InChI=1S/C15H31BO14P4/c1-9-5-15(16)28-13(9)6-25-33(21,22)29-31(17,18)8-32(19,20)30-34(23,24)26-7-14-11(3)10(2)12(4)27-14/h9-15H,5-8H2,1-4H3,(H,17,18)(H,19,20)(H,21,22)(H,23,24)/t9-,10?,11+,12-,13-,14+,15-/m0/s1. The second kappa shape index (κ2) is 11.5. The molecular weight excluding hydrogens is 539 g/mol. The monoisotopic (exact) mass is 570 g/mol. The van der Waals surface area contributed by atoms with E-state index in [4.69, 9.17) is 21.8 Å². The maximum atomic E-state index is 12.2. The lowest BCUT2D eigenvalue weighted by Crippen LogP contribution is -2.21. The minimum atomic E-state index is -5.33. The second-order valence-corrected chi connectivity index (χ2v) is 16.0. The van der Waals surface area contributed by atoms with Gasteiger partial charge in [-0.1, -0.05) is 20.8 Å². The van der Waals surface area contributed by atoms with Crippen LogP contribution in [-0.2, 0) is 45.4 Å². The molecule has 0 aromatic carbocycles. The topological polar surface area (TPSA) is 205 Å². The fraction of sp³-hybridized carbons (Fsp3) is 1.00. The Morgan fingerprint density at radius 3 is 1.65 bits per heavy atom. The van der Waals surface area contributed by atoms with Crippen molar-refractivity contribution in [3.8, 4) is 0 Å². The van der Waals surface area contributed by atoms with Gasteiger partial charge in [-0.3, -0.25) is 18.2 Å². The fourth-order valence-electron chi connectivity index (χ4n) is 3.60. The molecule has 14 nitrogen and oxygen atoms in total. The van der Waals surface area contributed by atoms with Gasteiger partial charge in [-0.25, -0.2) is 17.8 Å². The number of phosphoric acid groups is 2. The van der Waals surface area contributed by atoms with Crippen molar-refractivity contribution in [2.45, 2.75) is 58.4 Å². The minimum Gasteiger partial charge on any atom is -0.382 e. The summed E-state index contributed by atoms with van der Waals surface area (Å²) in [6, 6.07) is -0.601. The Morgan fingerprint density at radius 1 is 0.794 bits per heavy atom. The number of phosphoric ester groups is 2. The number of ether oxygens (including phenoxy) is 2. The first-order valence-corrected chi connectivity index (χ1v) is 16.9. The van der Waals surface area contributed by atoms with E-state index >= 15 is 0 Å². The highest BCUT2D eigenvalue weighted by molar-refractivity contribution is 7.76. The molecule has 2 saturated heterocycles. The Morgan fingerprint density at radius 2 is 1.26 bits per heavy atom. The normalized spacial score (nSPS) is 39.1. The first kappa shape index (κ1) is 30.8. The van der Waals surface area contributed by atoms with E-state index < -0.39 is 68.2 Å². The Bertz CT molecular complexity index is 902. The Labute approximate surface area is 199 Å². The van der Waals surface area contributed by atoms with Gasteiger partial charge in [0.1, 0.15) is 7.85 Å². The van der Waals surface area contributed by atoms with Gasteiger partial charge >= 0.3 is 30.8 Å². The molecule has 0 spiro atoms. The van der Waals surface area contributed by atoms with E-state index in [1.54, 1.807) is 6.92 Å². The molecular formula is C15H31BO14P4. The summed E-state index contributed by atoms with van der Waals surface area (Å²) in [5, 5.41) is 0. The van der Waals surface area contributed by atoms with Crippen LogP contribution in [0.2, 0.25) is 0 Å². The van der Waals surface area contributed by atoms with Crippen LogP contribution in [0.15, 0.2) is 0 Å². The lowest BCUT2D eigenvalue weighted by Gasteiger charge is -2.22. The highest BCUT2D eigenvalue weighted by Gasteiger charge is 2.45. The predicted octanol–water partition coefficient (Wildman–Crippen LogP) is 2.56. The molecule has 0 saturated carbocycles. The van der Waals surface area contributed by atoms with Crippen molar-refractivity contribution in [3.63, 3.8) is 0 Å². The Balaban J connectivity index is 1.89. The van der Waals surface area contributed by atoms with Crippen molar-refractivity contribution < 1.29 is 65.0 Å². The molecule has 2 fully saturated rings. The molecule has 34 heavy (non-hydrogen) atoms. The summed E-state index contributed by atoms with van der Waals surface area (Å²) in [7, 11) is -15.4. The number of rotatable bonds is 12. The SMILES string of the molecule is [B][C@@H]1C[C@H](C)[C@H](COP(=O)(O)OP(=O)(O)CP(=O)(O)OP(=O)(O)OC[C@H]2O[C@@H](C)C(C)[C@H]2C)O1. The zero-order valence-corrected chi connectivity index (χ0v) is 22.7. The zero-order valence-electron chi connectivity index (χ0n) is 19.1. The lowest BCUT2D eigenvalue weighted by molar-refractivity contribution is 0.00634. The molecule has 2 radical (unpaired) electrons. The molecule has 19 heteroatoms. The molecule has 0 aromatic heterocycles. The smallest absolute Gasteiger partial charge is 0.382 e. The van der Waals surface area contributed by atoms with Crippen molar-refractivity contribution in [3.05, 3.63) is 0 Å². The summed E-state index contributed by atoms with van der Waals surface area (Å²) < 4.78 is 76.9. The van der Waals surface area contributed by atoms with Gasteiger partial charge in [0.25, 0.3) is 0 Å². The maximum Gasteiger partial charge on any atom is 0.479 e. The summed E-state index contributed by atoms with van der Waals surface area (Å²) in [6.45, 7) is 6.37. The van der Waals surface area contributed by atoms with Crippen LogP contribution in [0.1, 0.15) is 34.1 Å². The van der Waals surface area contributed by atoms with Crippen molar-refractivity contribution in [1.82, 2.24) is 0 Å². The van der Waals surface area contributed by atoms with Crippen LogP contribution in [0.4, 0.5) is 0 Å². The van der Waals surface area contributed by atoms with Crippen LogP contribution in [0.25, 0.3) is 0 Å². The van der Waals surface area contributed by atoms with E-state index in [1.807, 2.05) is 20.8 Å². The van der Waals surface area contributed by atoms with Gasteiger partial charge in [0.05, 0.1) is 31.5 Å². The first-order valence-electron chi connectivity index (χ1n) is 10.4. The highest BCUT2D eigenvalue weighted by atomic mass is 31.3. The van der Waals surface area contributed by atoms with Crippen LogP contribution >= 0.6 is 30.8 Å². The summed E-state index contributed by atoms with van der Waals surface area (Å²) in [5.41, 5.74) is 0. The third-order valence-electron chi connectivity index (χ3n) is 5.76. The van der Waals surface area contributed by atoms with Crippen LogP contribution in [0, 0.1) is 17.8 Å². The van der Waals surface area contributed by atoms with Gasteiger partial charge in [0, 0.05) is 6.00 Å². The molecule has 5 unspecified atom stereocenters. The predicted molar refractivity (Wildman–Crippen MR) is 119 cm³/mol. The average Bonchev–Trinajstić information content (AvgIpc) is 3.07. The Hall–Kier alpha value is 0.585. The molecule has 2 rings (SSSR count). The van der Waals surface area contributed by atoms with Crippen LogP contribution in [0.3, 0.4) is 0 Å². The van der Waals surface area contributed by atoms with Gasteiger partial charge in [-0.05, 0) is 31.1 Å². The van der Waals surface area contributed by atoms with E-state index in [0.717, 1.165) is 0 Å². The minimum absolute atomic E-state index is 0.0472. The molecule has 198 valence electrons. The average molecular weight is 570 g/mol. The lowest BCUT2D eigenvalue weighted by atomic mass is 9.91. The van der Waals surface area contributed by atoms with Gasteiger partial charge in [-0.15, -0.1) is 0 Å². The first-order chi connectivity index (χ1) is 15.3. The van der Waals surface area contributed by atoms with Gasteiger partial charge in [0.2, 0.25) is 0 Å². The molecule has 0 amide bonds. The second-order valence-electron chi connectivity index (χ2n) is 8.63. The van der Waals surface area contributed by atoms with Crippen molar-refractivity contribution in [1.29, 1.82) is 0 Å². The van der Waals surface area contributed by atoms with Crippen LogP contribution in [-0.4, -0.2) is 70.9 Å². The highest BCUT2D eigenvalue weighted by Crippen LogP contribution is 2.70. The van der Waals surface area contributed by atoms with Crippen molar-refractivity contribution in [2.75, 3.05) is 19.1 Å². The maximum absolute atomic E-state index is 12.2. The third-order valence-corrected chi connectivity index (χ3v) is 13.3. The quantitative estimate of drug-likeness (QED) is 0.197. The van der Waals surface area contributed by atoms with E-state index in [-0.39, 0.29) is 23.9 Å². The van der Waals surface area contributed by atoms with E-state index in [9.17, 15) is 37.8 Å². The van der Waals surface area contributed by atoms with E-state index in [2.05, 4.69) is 13.1 Å². The zero-order chi connectivity index (χ0) is 26.1. The van der Waals surface area contributed by atoms with Gasteiger partial charge in [0.15, 0.2) is 5.90 Å². The van der Waals surface area contributed by atoms with Crippen LogP contribution in [0.5, 0.6) is 0 Å². The van der Waals surface area contributed by atoms with Crippen molar-refractivity contribution >= 4 is 38.7 Å². The molecule has 0 aromatic rings. The molecule has 0 aliphatic carbocycles. The van der Waals surface area contributed by atoms with E-state index in [0.29, 0.717) is 6.42 Å². The fourth-order valence-corrected chi connectivity index (χ4v) is 10.4. The number of hydrogen-bond donors (Lipinski definition) is 4. The molecule has 2 heterocycles. The van der Waals surface area contributed by atoms with Crippen LogP contribution < -0.4 is 0 Å². The summed E-state index contributed by atoms with van der Waals surface area (Å²) in [5.74, 6) is -1.84. The molecule has 2 aliphatic heterocycles. The number of hydrogen-bond acceptors (Lipinski definition) is 10. The molecule has 2 aliphatic rings. The summed E-state index contributed by atoms with van der Waals surface area (Å²) in [6.07, 6.45) is -0.945. The molecule has 11 atom stereocenters. The van der Waals surface area contributed by atoms with E-state index in [1.165, 1.54) is 0 Å². The largest absolute Gasteiger partial charge is 0.479 e. The third kappa shape index (κ3) is 9.47. The summed E-state index contributed by atoms with van der Waals surface area (Å²) in [4.78, 5) is 39.1. The Kier molecular flexibility index (Phi) is 10.5. The molecule has 0 bridgehead atoms. The van der Waals surface area contributed by atoms with Gasteiger partial charge in [-0.2, -0.15) is 0 Å². The van der Waals surface area contributed by atoms with Gasteiger partial charge < -0.3 is 29.0 Å². The summed E-state index contributed by atoms with van der Waals surface area (Å²) >= 11 is 0. The molecule has 4 N–H and O–H groups in total.